The van der Waals surface area contributed by atoms with E-state index in [1.54, 1.807) is 67.9 Å². The van der Waals surface area contributed by atoms with Crippen LogP contribution in [-0.2, 0) is 0 Å². The predicted octanol–water partition coefficient (Wildman–Crippen LogP) is 6.04. The Bertz CT molecular complexity index is 1470. The van der Waals surface area contributed by atoms with Crippen molar-refractivity contribution in [1.29, 1.82) is 0 Å². The summed E-state index contributed by atoms with van der Waals surface area (Å²) in [5.74, 6) is -0.977. The zero-order chi connectivity index (χ0) is 28.4. The number of aromatic nitrogens is 2. The fourth-order valence-corrected chi connectivity index (χ4v) is 4.51. The molecule has 0 saturated carbocycles. The molecule has 0 saturated heterocycles. The highest BCUT2D eigenvalue weighted by Crippen LogP contribution is 2.34. The summed E-state index contributed by atoms with van der Waals surface area (Å²) in [6.45, 7) is 3.47. The van der Waals surface area contributed by atoms with Crippen molar-refractivity contribution in [3.8, 4) is 5.69 Å². The Morgan fingerprint density at radius 2 is 1.77 bits per heavy atom. The minimum Gasteiger partial charge on any atom is -0.381 e. The number of halogens is 4. The van der Waals surface area contributed by atoms with Gasteiger partial charge in [-0.3, -0.25) is 4.79 Å². The molecular formula is C29H30F4N4O2. The highest BCUT2D eigenvalue weighted by molar-refractivity contribution is 5.96. The lowest BCUT2D eigenvalue weighted by Crippen LogP contribution is -2.58. The Morgan fingerprint density at radius 1 is 1.08 bits per heavy atom. The zero-order valence-electron chi connectivity index (χ0n) is 21.9. The number of fused-ring (bicyclic) bond motifs is 1. The van der Waals surface area contributed by atoms with Crippen LogP contribution >= 0.6 is 0 Å². The van der Waals surface area contributed by atoms with Crippen LogP contribution in [0, 0.1) is 19.7 Å². The standard InChI is InChI=1S/C29H30F4N4O2/c1-4-13-36(27(38)23-8-6-5-7-20(23)3)18-28(39,29(31,32)33)17-34-25-14-19(2)15-26-24(25)16-35-37(26)22-11-9-21(30)10-12-22/h5-12,14-16,34,39H,4,13,17-18H2,1-3H3. The van der Waals surface area contributed by atoms with Gasteiger partial charge in [0.2, 0.25) is 0 Å². The van der Waals surface area contributed by atoms with E-state index in [1.165, 1.54) is 18.3 Å². The van der Waals surface area contributed by atoms with E-state index >= 15 is 0 Å². The molecule has 39 heavy (non-hydrogen) atoms. The lowest BCUT2D eigenvalue weighted by Gasteiger charge is -2.36. The van der Waals surface area contributed by atoms with Gasteiger partial charge < -0.3 is 15.3 Å². The van der Waals surface area contributed by atoms with E-state index < -0.39 is 36.6 Å². The molecule has 10 heteroatoms. The van der Waals surface area contributed by atoms with E-state index in [0.29, 0.717) is 34.3 Å². The van der Waals surface area contributed by atoms with Gasteiger partial charge in [0.1, 0.15) is 5.82 Å². The first kappa shape index (κ1) is 28.1. The van der Waals surface area contributed by atoms with E-state index in [-0.39, 0.29) is 12.1 Å². The summed E-state index contributed by atoms with van der Waals surface area (Å²) in [5.41, 5.74) is -0.0415. The third-order valence-electron chi connectivity index (χ3n) is 6.61. The number of alkyl halides is 3. The molecule has 1 heterocycles. The van der Waals surface area contributed by atoms with E-state index in [4.69, 9.17) is 0 Å². The molecule has 0 fully saturated rings. The molecule has 4 aromatic rings. The highest BCUT2D eigenvalue weighted by atomic mass is 19.4. The smallest absolute Gasteiger partial charge is 0.381 e. The molecule has 1 unspecified atom stereocenters. The minimum atomic E-state index is -5.03. The number of aryl methyl sites for hydroxylation is 2. The normalized spacial score (nSPS) is 13.3. The molecule has 0 aliphatic heterocycles. The monoisotopic (exact) mass is 542 g/mol. The lowest BCUT2D eigenvalue weighted by atomic mass is 10.00. The summed E-state index contributed by atoms with van der Waals surface area (Å²) in [6, 6.07) is 15.8. The molecule has 2 N–H and O–H groups in total. The molecule has 1 aromatic heterocycles. The second kappa shape index (κ2) is 11.1. The number of nitrogens with one attached hydrogen (secondary N) is 1. The number of rotatable bonds is 9. The van der Waals surface area contributed by atoms with Crippen molar-refractivity contribution in [3.63, 3.8) is 0 Å². The van der Waals surface area contributed by atoms with E-state index in [1.807, 2.05) is 6.07 Å². The van der Waals surface area contributed by atoms with Crippen LogP contribution in [0.3, 0.4) is 0 Å². The molecule has 3 aromatic carbocycles. The Kier molecular flexibility index (Phi) is 7.96. The number of nitrogens with zero attached hydrogens (tertiary/aromatic N) is 3. The quantitative estimate of drug-likeness (QED) is 0.253. The predicted molar refractivity (Wildman–Crippen MR) is 143 cm³/mol. The third-order valence-corrected chi connectivity index (χ3v) is 6.61. The van der Waals surface area contributed by atoms with Crippen molar-refractivity contribution < 1.29 is 27.5 Å². The number of amides is 1. The van der Waals surface area contributed by atoms with Crippen LogP contribution in [-0.4, -0.2) is 57.1 Å². The molecule has 0 spiro atoms. The number of hydrogen-bond acceptors (Lipinski definition) is 4. The molecule has 0 aliphatic carbocycles. The molecule has 0 bridgehead atoms. The highest BCUT2D eigenvalue weighted by Gasteiger charge is 2.55. The maximum absolute atomic E-state index is 14.3. The summed E-state index contributed by atoms with van der Waals surface area (Å²) in [4.78, 5) is 14.3. The summed E-state index contributed by atoms with van der Waals surface area (Å²) in [6.07, 6.45) is -3.11. The number of hydrogen-bond donors (Lipinski definition) is 2. The van der Waals surface area contributed by atoms with Crippen molar-refractivity contribution in [2.24, 2.45) is 0 Å². The van der Waals surface area contributed by atoms with Gasteiger partial charge in [-0.25, -0.2) is 9.07 Å². The molecule has 1 amide bonds. The second-order valence-corrected chi connectivity index (χ2v) is 9.70. The van der Waals surface area contributed by atoms with Gasteiger partial charge in [0.25, 0.3) is 5.91 Å². The van der Waals surface area contributed by atoms with Crippen LogP contribution in [0.15, 0.2) is 66.9 Å². The molecule has 0 aliphatic rings. The van der Waals surface area contributed by atoms with Crippen molar-refractivity contribution in [2.75, 3.05) is 25.0 Å². The second-order valence-electron chi connectivity index (χ2n) is 9.70. The van der Waals surface area contributed by atoms with Gasteiger partial charge in [-0.2, -0.15) is 18.3 Å². The number of carbonyl (C=O) groups is 1. The molecule has 206 valence electrons. The van der Waals surface area contributed by atoms with Gasteiger partial charge in [0.15, 0.2) is 5.60 Å². The fraction of sp³-hybridized carbons (Fsp3) is 0.310. The van der Waals surface area contributed by atoms with E-state index in [2.05, 4.69) is 10.4 Å². The Morgan fingerprint density at radius 3 is 2.41 bits per heavy atom. The first-order chi connectivity index (χ1) is 18.4. The number of aliphatic hydroxyl groups is 1. The average Bonchev–Trinajstić information content (AvgIpc) is 3.30. The number of carbonyl (C=O) groups excluding carboxylic acids is 1. The number of benzene rings is 3. The summed E-state index contributed by atoms with van der Waals surface area (Å²) < 4.78 is 58.0. The third kappa shape index (κ3) is 5.90. The first-order valence-corrected chi connectivity index (χ1v) is 12.6. The molecular weight excluding hydrogens is 512 g/mol. The fourth-order valence-electron chi connectivity index (χ4n) is 4.51. The van der Waals surface area contributed by atoms with Crippen LogP contribution < -0.4 is 5.32 Å². The number of anilines is 1. The summed E-state index contributed by atoms with van der Waals surface area (Å²) in [5, 5.41) is 18.6. The van der Waals surface area contributed by atoms with Gasteiger partial charge in [-0.1, -0.05) is 25.1 Å². The van der Waals surface area contributed by atoms with Crippen molar-refractivity contribution in [2.45, 2.75) is 39.0 Å². The van der Waals surface area contributed by atoms with E-state index in [0.717, 1.165) is 10.5 Å². The van der Waals surface area contributed by atoms with Crippen molar-refractivity contribution in [1.82, 2.24) is 14.7 Å². The van der Waals surface area contributed by atoms with Crippen molar-refractivity contribution >= 4 is 22.5 Å². The van der Waals surface area contributed by atoms with E-state index in [9.17, 15) is 27.5 Å². The Balaban J connectivity index is 1.64. The van der Waals surface area contributed by atoms with Crippen LogP contribution in [0.1, 0.15) is 34.8 Å². The molecule has 0 radical (unpaired) electrons. The Labute approximate surface area is 223 Å². The largest absolute Gasteiger partial charge is 0.420 e. The van der Waals surface area contributed by atoms with Crippen LogP contribution in [0.5, 0.6) is 0 Å². The first-order valence-electron chi connectivity index (χ1n) is 12.6. The van der Waals surface area contributed by atoms with Crippen LogP contribution in [0.2, 0.25) is 0 Å². The minimum absolute atomic E-state index is 0.0463. The topological polar surface area (TPSA) is 70.4 Å². The summed E-state index contributed by atoms with van der Waals surface area (Å²) >= 11 is 0. The van der Waals surface area contributed by atoms with Crippen LogP contribution in [0.4, 0.5) is 23.2 Å². The van der Waals surface area contributed by atoms with Crippen molar-refractivity contribution in [3.05, 3.63) is 89.4 Å². The molecule has 4 rings (SSSR count). The van der Waals surface area contributed by atoms with Gasteiger partial charge in [0.05, 0.1) is 30.5 Å². The SMILES string of the molecule is CCCN(CC(O)(CNc1cc(C)cc2c1cnn2-c1ccc(F)cc1)C(F)(F)F)C(=O)c1ccccc1C. The molecule has 1 atom stereocenters. The maximum Gasteiger partial charge on any atom is 0.420 e. The Hall–Kier alpha value is -3.92. The van der Waals surface area contributed by atoms with Gasteiger partial charge in [0, 0.05) is 23.2 Å². The maximum atomic E-state index is 14.3. The van der Waals surface area contributed by atoms with Crippen LogP contribution in [0.25, 0.3) is 16.6 Å². The lowest BCUT2D eigenvalue weighted by molar-refractivity contribution is -0.257. The van der Waals surface area contributed by atoms with Gasteiger partial charge >= 0.3 is 6.18 Å². The molecule has 6 nitrogen and oxygen atoms in total. The van der Waals surface area contributed by atoms with Gasteiger partial charge in [-0.05, 0) is 73.9 Å². The zero-order valence-corrected chi connectivity index (χ0v) is 21.9. The average molecular weight is 543 g/mol. The van der Waals surface area contributed by atoms with Gasteiger partial charge in [-0.15, -0.1) is 0 Å². The summed E-state index contributed by atoms with van der Waals surface area (Å²) in [7, 11) is 0.